The molecule has 0 spiro atoms. The number of allylic oxidation sites excluding steroid dienone is 6. The second-order valence-electron chi connectivity index (χ2n) is 32.7. The van der Waals surface area contributed by atoms with Crippen LogP contribution in [-0.2, 0) is 32.7 Å². The van der Waals surface area contributed by atoms with Gasteiger partial charge >= 0.3 is 19.8 Å². The number of quaternary nitrogens is 1. The summed E-state index contributed by atoms with van der Waals surface area (Å²) in [5.74, 6) is -0.766. The number of phosphoric acid groups is 1. The number of carbonyl (C=O) groups excluding carboxylic acids is 2. The molecule has 0 radical (unpaired) electrons. The molecule has 0 bridgehead atoms. The lowest BCUT2D eigenvalue weighted by Crippen LogP contribution is -2.37. The second-order valence-corrected chi connectivity index (χ2v) is 34.1. The number of esters is 2. The van der Waals surface area contributed by atoms with Crippen LogP contribution in [0.3, 0.4) is 0 Å². The first-order chi connectivity index (χ1) is 50.0. The molecule has 9 nitrogen and oxygen atoms in total. The molecular weight excluding hydrogens is 1280 g/mol. The van der Waals surface area contributed by atoms with E-state index in [4.69, 9.17) is 18.5 Å². The smallest absolute Gasteiger partial charge is 0.462 e. The minimum Gasteiger partial charge on any atom is -0.462 e. The maximum absolute atomic E-state index is 12.9. The summed E-state index contributed by atoms with van der Waals surface area (Å²) in [4.78, 5) is 36.1. The molecule has 0 heterocycles. The standard InChI is InChI=1S/C92H178NO8P/c1-6-8-10-12-14-16-18-20-22-24-26-28-30-32-34-36-38-40-42-44-45-46-47-49-50-52-54-56-58-60-62-64-66-68-70-72-74-76-78-80-82-84-91(94)98-88-90(89-100-102(96,97)99-87-86-93(3,4)5)101-92(95)85-83-81-79-77-75-73-71-69-67-65-63-61-59-57-55-53-51-48-43-41-39-37-35-33-31-29-27-25-23-21-19-17-15-13-11-9-7-2/h19,21,24-27,90H,6-18,20,22-23,28-89H2,1-5H3/p+1/b21-19-,26-24-,27-25-. The number of likely N-dealkylation sites (N-methyl/N-ethyl adjacent to an activating group) is 1. The van der Waals surface area contributed by atoms with Crippen LogP contribution in [0.5, 0.6) is 0 Å². The van der Waals surface area contributed by atoms with Crippen LogP contribution in [0.2, 0.25) is 0 Å². The predicted octanol–water partition coefficient (Wildman–Crippen LogP) is 30.9. The molecule has 0 aliphatic heterocycles. The number of hydrogen-bond donors (Lipinski definition) is 1. The van der Waals surface area contributed by atoms with Crippen LogP contribution in [-0.4, -0.2) is 74.9 Å². The Morgan fingerprint density at radius 2 is 0.529 bits per heavy atom. The van der Waals surface area contributed by atoms with Crippen LogP contribution in [0.25, 0.3) is 0 Å². The number of phosphoric ester groups is 1. The summed E-state index contributed by atoms with van der Waals surface area (Å²) >= 11 is 0. The fourth-order valence-electron chi connectivity index (χ4n) is 14.2. The zero-order chi connectivity index (χ0) is 74.0. The van der Waals surface area contributed by atoms with Gasteiger partial charge < -0.3 is 18.9 Å². The lowest BCUT2D eigenvalue weighted by atomic mass is 10.0. The Balaban J connectivity index is 3.82. The molecule has 0 aromatic carbocycles. The molecule has 0 aromatic heterocycles. The first-order valence-electron chi connectivity index (χ1n) is 45.7. The summed E-state index contributed by atoms with van der Waals surface area (Å²) in [6.07, 6.45) is 111. The Hall–Kier alpha value is -1.77. The van der Waals surface area contributed by atoms with E-state index in [1.807, 2.05) is 21.1 Å². The summed E-state index contributed by atoms with van der Waals surface area (Å²) in [6.45, 7) is 4.52. The fraction of sp³-hybridized carbons (Fsp3) is 0.913. The summed E-state index contributed by atoms with van der Waals surface area (Å²) in [5, 5.41) is 0. The van der Waals surface area contributed by atoms with Crippen molar-refractivity contribution in [2.24, 2.45) is 0 Å². The molecule has 0 fully saturated rings. The lowest BCUT2D eigenvalue weighted by molar-refractivity contribution is -0.870. The van der Waals surface area contributed by atoms with Crippen molar-refractivity contribution < 1.29 is 42.1 Å². The van der Waals surface area contributed by atoms with E-state index < -0.39 is 26.5 Å². The maximum atomic E-state index is 12.9. The SMILES string of the molecule is CCCCCCC/C=C\C/C=C\CCCCCCCCCCCCCCCCCCCCCCCCCCCC(=O)OC(COC(=O)CCCCCCCCCCCCCCCCCCCCCCCCCCCCCCC/C=C\CCCCCCCCCC)COP(=O)(O)OCC[N+](C)(C)C. The van der Waals surface area contributed by atoms with Crippen molar-refractivity contribution in [3.8, 4) is 0 Å². The van der Waals surface area contributed by atoms with E-state index in [0.717, 1.165) is 44.9 Å². The van der Waals surface area contributed by atoms with E-state index in [1.54, 1.807) is 0 Å². The normalized spacial score (nSPS) is 13.0. The molecule has 0 amide bonds. The van der Waals surface area contributed by atoms with Gasteiger partial charge in [0.2, 0.25) is 0 Å². The van der Waals surface area contributed by atoms with Crippen molar-refractivity contribution in [2.45, 2.75) is 495 Å². The van der Waals surface area contributed by atoms with Crippen molar-refractivity contribution in [2.75, 3.05) is 47.5 Å². The topological polar surface area (TPSA) is 108 Å². The van der Waals surface area contributed by atoms with Gasteiger partial charge in [-0.3, -0.25) is 18.6 Å². The molecule has 1 N–H and O–H groups in total. The third-order valence-corrected chi connectivity index (χ3v) is 22.1. The van der Waals surface area contributed by atoms with Gasteiger partial charge in [0.25, 0.3) is 0 Å². The largest absolute Gasteiger partial charge is 0.472 e. The van der Waals surface area contributed by atoms with Crippen LogP contribution < -0.4 is 0 Å². The van der Waals surface area contributed by atoms with E-state index >= 15 is 0 Å². The Bertz CT molecular complexity index is 1810. The molecule has 0 saturated heterocycles. The molecule has 0 aliphatic rings. The average Bonchev–Trinajstić information content (AvgIpc) is 0.913. The molecule has 2 atom stereocenters. The molecule has 102 heavy (non-hydrogen) atoms. The minimum atomic E-state index is -4.39. The number of unbranched alkanes of at least 4 members (excludes halogenated alkanes) is 67. The molecule has 2 unspecified atom stereocenters. The van der Waals surface area contributed by atoms with Gasteiger partial charge in [-0.25, -0.2) is 4.57 Å². The van der Waals surface area contributed by atoms with Gasteiger partial charge in [0, 0.05) is 12.8 Å². The Kier molecular flexibility index (Phi) is 81.8. The lowest BCUT2D eigenvalue weighted by Gasteiger charge is -2.24. The molecule has 604 valence electrons. The van der Waals surface area contributed by atoms with Crippen LogP contribution in [0.1, 0.15) is 489 Å². The van der Waals surface area contributed by atoms with Gasteiger partial charge in [-0.2, -0.15) is 0 Å². The highest BCUT2D eigenvalue weighted by atomic mass is 31.2. The highest BCUT2D eigenvalue weighted by Gasteiger charge is 2.27. The molecule has 0 saturated carbocycles. The molecule has 0 aliphatic carbocycles. The quantitative estimate of drug-likeness (QED) is 0.0211. The number of rotatable bonds is 87. The van der Waals surface area contributed by atoms with Gasteiger partial charge in [-0.15, -0.1) is 0 Å². The molecule has 0 aromatic rings. The molecular formula is C92H179NO8P+. The first kappa shape index (κ1) is 100. The van der Waals surface area contributed by atoms with Gasteiger partial charge in [-0.1, -0.05) is 442 Å². The van der Waals surface area contributed by atoms with Crippen LogP contribution in [0.4, 0.5) is 0 Å². The summed E-state index contributed by atoms with van der Waals surface area (Å²) in [7, 11) is 1.51. The Labute approximate surface area is 637 Å². The van der Waals surface area contributed by atoms with Gasteiger partial charge in [0.15, 0.2) is 6.10 Å². The Morgan fingerprint density at radius 3 is 0.784 bits per heavy atom. The maximum Gasteiger partial charge on any atom is 0.472 e. The highest BCUT2D eigenvalue weighted by molar-refractivity contribution is 7.47. The average molecular weight is 1460 g/mol. The highest BCUT2D eigenvalue weighted by Crippen LogP contribution is 2.43. The summed E-state index contributed by atoms with van der Waals surface area (Å²) in [6, 6.07) is 0. The number of nitrogens with zero attached hydrogens (tertiary/aromatic N) is 1. The monoisotopic (exact) mass is 1460 g/mol. The number of carbonyl (C=O) groups is 2. The number of ether oxygens (including phenoxy) is 2. The van der Waals surface area contributed by atoms with Crippen LogP contribution in [0.15, 0.2) is 36.5 Å². The van der Waals surface area contributed by atoms with Gasteiger partial charge in [-0.05, 0) is 70.6 Å². The van der Waals surface area contributed by atoms with E-state index in [0.29, 0.717) is 17.4 Å². The van der Waals surface area contributed by atoms with Gasteiger partial charge in [0.05, 0.1) is 27.7 Å². The fourth-order valence-corrected chi connectivity index (χ4v) is 14.9. The Morgan fingerprint density at radius 1 is 0.304 bits per heavy atom. The number of hydrogen-bond acceptors (Lipinski definition) is 7. The molecule has 10 heteroatoms. The van der Waals surface area contributed by atoms with E-state index in [2.05, 4.69) is 50.3 Å². The third kappa shape index (κ3) is 87.1. The summed E-state index contributed by atoms with van der Waals surface area (Å²) in [5.41, 5.74) is 0. The van der Waals surface area contributed by atoms with E-state index in [-0.39, 0.29) is 25.6 Å². The van der Waals surface area contributed by atoms with Crippen LogP contribution in [0, 0.1) is 0 Å². The third-order valence-electron chi connectivity index (χ3n) is 21.1. The second kappa shape index (κ2) is 83.3. The first-order valence-corrected chi connectivity index (χ1v) is 47.2. The minimum absolute atomic E-state index is 0.0360. The predicted molar refractivity (Wildman–Crippen MR) is 446 cm³/mol. The van der Waals surface area contributed by atoms with Crippen LogP contribution >= 0.6 is 7.82 Å². The van der Waals surface area contributed by atoms with E-state index in [1.165, 1.54) is 417 Å². The van der Waals surface area contributed by atoms with Crippen molar-refractivity contribution in [3.63, 3.8) is 0 Å². The van der Waals surface area contributed by atoms with Crippen molar-refractivity contribution in [1.82, 2.24) is 0 Å². The summed E-state index contributed by atoms with van der Waals surface area (Å²) < 4.78 is 34.9. The van der Waals surface area contributed by atoms with Crippen molar-refractivity contribution in [3.05, 3.63) is 36.5 Å². The van der Waals surface area contributed by atoms with E-state index in [9.17, 15) is 19.0 Å². The zero-order valence-corrected chi connectivity index (χ0v) is 70.3. The van der Waals surface area contributed by atoms with Crippen molar-refractivity contribution in [1.29, 1.82) is 0 Å². The van der Waals surface area contributed by atoms with Crippen molar-refractivity contribution >= 4 is 19.8 Å². The zero-order valence-electron chi connectivity index (χ0n) is 69.4. The van der Waals surface area contributed by atoms with Gasteiger partial charge in [0.1, 0.15) is 19.8 Å². The molecule has 0 rings (SSSR count).